The van der Waals surface area contributed by atoms with Crippen LogP contribution in [-0.2, 0) is 4.79 Å². The number of aliphatic imine (C=N–C) groups is 1. The zero-order chi connectivity index (χ0) is 14.0. The van der Waals surface area contributed by atoms with Crippen molar-refractivity contribution in [2.75, 3.05) is 7.11 Å². The SMILES string of the molecule is COc1ccc(C2CC(O)=C(C(N)=O)C(N)=N2)cc1. The topological polar surface area (TPSA) is 111 Å². The maximum atomic E-state index is 11.1. The summed E-state index contributed by atoms with van der Waals surface area (Å²) in [5.74, 6) is -0.195. The highest BCUT2D eigenvalue weighted by molar-refractivity contribution is 6.20. The van der Waals surface area contributed by atoms with Gasteiger partial charge in [-0.2, -0.15) is 0 Å². The summed E-state index contributed by atoms with van der Waals surface area (Å²) in [4.78, 5) is 15.3. The lowest BCUT2D eigenvalue weighted by Crippen LogP contribution is -2.31. The molecule has 1 atom stereocenters. The molecule has 5 N–H and O–H groups in total. The summed E-state index contributed by atoms with van der Waals surface area (Å²) in [6, 6.07) is 6.94. The number of carbonyl (C=O) groups is 1. The van der Waals surface area contributed by atoms with Crippen molar-refractivity contribution >= 4 is 11.7 Å². The standard InChI is InChI=1S/C13H15N3O3/c1-19-8-4-2-7(3-5-8)9-6-10(17)11(13(15)18)12(14)16-9/h2-5,9,17H,6H2,1H3,(H2,14,16)(H2,15,18). The molecular weight excluding hydrogens is 246 g/mol. The Morgan fingerprint density at radius 2 is 2.05 bits per heavy atom. The number of methoxy groups -OCH3 is 1. The summed E-state index contributed by atoms with van der Waals surface area (Å²) >= 11 is 0. The maximum Gasteiger partial charge on any atom is 0.255 e. The Morgan fingerprint density at radius 1 is 1.42 bits per heavy atom. The molecule has 1 amide bonds. The zero-order valence-electron chi connectivity index (χ0n) is 10.5. The Bertz CT molecular complexity index is 561. The van der Waals surface area contributed by atoms with Gasteiger partial charge in [-0.15, -0.1) is 0 Å². The van der Waals surface area contributed by atoms with Crippen molar-refractivity contribution in [1.29, 1.82) is 0 Å². The monoisotopic (exact) mass is 261 g/mol. The molecule has 6 heteroatoms. The van der Waals surface area contributed by atoms with Gasteiger partial charge in [0.2, 0.25) is 0 Å². The number of primary amides is 1. The van der Waals surface area contributed by atoms with Crippen LogP contribution in [0.25, 0.3) is 0 Å². The quantitative estimate of drug-likeness (QED) is 0.747. The van der Waals surface area contributed by atoms with Gasteiger partial charge in [-0.3, -0.25) is 9.79 Å². The molecule has 6 nitrogen and oxygen atoms in total. The molecule has 2 rings (SSSR count). The average molecular weight is 261 g/mol. The van der Waals surface area contributed by atoms with E-state index >= 15 is 0 Å². The number of dihydropyridines is 1. The summed E-state index contributed by atoms with van der Waals surface area (Å²) in [6.45, 7) is 0. The van der Waals surface area contributed by atoms with Gasteiger partial charge in [0.05, 0.1) is 13.2 Å². The van der Waals surface area contributed by atoms with E-state index in [9.17, 15) is 9.90 Å². The van der Waals surface area contributed by atoms with Gasteiger partial charge in [0, 0.05) is 6.42 Å². The molecular formula is C13H15N3O3. The molecule has 1 unspecified atom stereocenters. The van der Waals surface area contributed by atoms with Crippen LogP contribution in [0.2, 0.25) is 0 Å². The molecule has 1 heterocycles. The van der Waals surface area contributed by atoms with Crippen LogP contribution in [0.3, 0.4) is 0 Å². The normalized spacial score (nSPS) is 19.0. The molecule has 0 bridgehead atoms. The van der Waals surface area contributed by atoms with Crippen molar-refractivity contribution in [2.24, 2.45) is 16.5 Å². The van der Waals surface area contributed by atoms with Gasteiger partial charge >= 0.3 is 0 Å². The van der Waals surface area contributed by atoms with Crippen molar-refractivity contribution in [2.45, 2.75) is 12.5 Å². The molecule has 1 aromatic carbocycles. The largest absolute Gasteiger partial charge is 0.511 e. The average Bonchev–Trinajstić information content (AvgIpc) is 2.37. The first-order valence-electron chi connectivity index (χ1n) is 5.72. The first-order valence-corrected chi connectivity index (χ1v) is 5.72. The molecule has 100 valence electrons. The summed E-state index contributed by atoms with van der Waals surface area (Å²) in [5.41, 5.74) is 11.6. The summed E-state index contributed by atoms with van der Waals surface area (Å²) in [7, 11) is 1.58. The number of ether oxygens (including phenoxy) is 1. The lowest BCUT2D eigenvalue weighted by molar-refractivity contribution is -0.114. The smallest absolute Gasteiger partial charge is 0.255 e. The van der Waals surface area contributed by atoms with E-state index in [1.807, 2.05) is 12.1 Å². The highest BCUT2D eigenvalue weighted by Crippen LogP contribution is 2.30. The Morgan fingerprint density at radius 3 is 2.53 bits per heavy atom. The third-order valence-corrected chi connectivity index (χ3v) is 2.97. The number of hydrogen-bond donors (Lipinski definition) is 3. The minimum Gasteiger partial charge on any atom is -0.511 e. The Balaban J connectivity index is 2.28. The van der Waals surface area contributed by atoms with Crippen molar-refractivity contribution in [3.63, 3.8) is 0 Å². The number of rotatable bonds is 3. The summed E-state index contributed by atoms with van der Waals surface area (Å²) < 4.78 is 5.07. The van der Waals surface area contributed by atoms with E-state index < -0.39 is 5.91 Å². The van der Waals surface area contributed by atoms with Crippen LogP contribution in [0, 0.1) is 0 Å². The second-order valence-corrected chi connectivity index (χ2v) is 4.19. The fraction of sp³-hybridized carbons (Fsp3) is 0.231. The van der Waals surface area contributed by atoms with E-state index in [1.54, 1.807) is 19.2 Å². The summed E-state index contributed by atoms with van der Waals surface area (Å²) in [6.07, 6.45) is 0.200. The Kier molecular flexibility index (Phi) is 3.41. The van der Waals surface area contributed by atoms with Crippen molar-refractivity contribution in [3.05, 3.63) is 41.2 Å². The molecule has 0 saturated heterocycles. The van der Waals surface area contributed by atoms with Crippen LogP contribution in [0.1, 0.15) is 18.0 Å². The number of aliphatic hydroxyl groups excluding tert-OH is 1. The molecule has 1 aliphatic rings. The lowest BCUT2D eigenvalue weighted by atomic mass is 9.97. The Labute approximate surface area is 110 Å². The van der Waals surface area contributed by atoms with Gasteiger partial charge in [-0.25, -0.2) is 0 Å². The van der Waals surface area contributed by atoms with Crippen LogP contribution in [-0.4, -0.2) is 24.0 Å². The van der Waals surface area contributed by atoms with Gasteiger partial charge in [-0.1, -0.05) is 12.1 Å². The minimum absolute atomic E-state index is 0.0305. The third kappa shape index (κ3) is 2.52. The number of aliphatic hydroxyl groups is 1. The van der Waals surface area contributed by atoms with Crippen LogP contribution < -0.4 is 16.2 Å². The van der Waals surface area contributed by atoms with E-state index in [1.165, 1.54) is 0 Å². The number of hydrogen-bond acceptors (Lipinski definition) is 5. The van der Waals surface area contributed by atoms with Crippen LogP contribution in [0.5, 0.6) is 5.75 Å². The number of nitrogens with zero attached hydrogens (tertiary/aromatic N) is 1. The number of nitrogens with two attached hydrogens (primary N) is 2. The van der Waals surface area contributed by atoms with Gasteiger partial charge in [0.25, 0.3) is 5.91 Å². The number of carbonyl (C=O) groups excluding carboxylic acids is 1. The van der Waals surface area contributed by atoms with Gasteiger partial charge in [0.15, 0.2) is 0 Å². The maximum absolute atomic E-state index is 11.1. The van der Waals surface area contributed by atoms with E-state index in [0.29, 0.717) is 0 Å². The Hall–Kier alpha value is -2.50. The molecule has 19 heavy (non-hydrogen) atoms. The predicted molar refractivity (Wildman–Crippen MR) is 70.8 cm³/mol. The summed E-state index contributed by atoms with van der Waals surface area (Å²) in [5, 5.41) is 9.84. The number of amides is 1. The predicted octanol–water partition coefficient (Wildman–Crippen LogP) is 0.795. The van der Waals surface area contributed by atoms with E-state index in [4.69, 9.17) is 16.2 Å². The van der Waals surface area contributed by atoms with Gasteiger partial charge in [-0.05, 0) is 17.7 Å². The molecule has 0 aromatic heterocycles. The van der Waals surface area contributed by atoms with E-state index in [2.05, 4.69) is 4.99 Å². The van der Waals surface area contributed by atoms with Crippen LogP contribution in [0.15, 0.2) is 40.6 Å². The van der Waals surface area contributed by atoms with E-state index in [0.717, 1.165) is 11.3 Å². The van der Waals surface area contributed by atoms with Gasteiger partial charge < -0.3 is 21.3 Å². The number of benzene rings is 1. The molecule has 0 radical (unpaired) electrons. The first-order chi connectivity index (χ1) is 9.02. The second-order valence-electron chi connectivity index (χ2n) is 4.19. The molecule has 0 fully saturated rings. The van der Waals surface area contributed by atoms with Crippen molar-refractivity contribution < 1.29 is 14.6 Å². The number of amidine groups is 1. The van der Waals surface area contributed by atoms with Crippen LogP contribution in [0.4, 0.5) is 0 Å². The van der Waals surface area contributed by atoms with Crippen molar-refractivity contribution in [1.82, 2.24) is 0 Å². The second kappa shape index (κ2) is 5.01. The molecule has 1 aromatic rings. The highest BCUT2D eigenvalue weighted by atomic mass is 16.5. The minimum atomic E-state index is -0.771. The fourth-order valence-corrected chi connectivity index (χ4v) is 2.00. The highest BCUT2D eigenvalue weighted by Gasteiger charge is 2.26. The van der Waals surface area contributed by atoms with Crippen LogP contribution >= 0.6 is 0 Å². The van der Waals surface area contributed by atoms with Crippen molar-refractivity contribution in [3.8, 4) is 5.75 Å². The fourth-order valence-electron chi connectivity index (χ4n) is 2.00. The molecule has 0 saturated carbocycles. The molecule has 0 aliphatic carbocycles. The zero-order valence-corrected chi connectivity index (χ0v) is 10.5. The third-order valence-electron chi connectivity index (χ3n) is 2.97. The first kappa shape index (κ1) is 12.9. The molecule has 0 spiro atoms. The van der Waals surface area contributed by atoms with E-state index in [-0.39, 0.29) is 29.6 Å². The molecule has 1 aliphatic heterocycles. The van der Waals surface area contributed by atoms with Gasteiger partial charge in [0.1, 0.15) is 22.9 Å². The lowest BCUT2D eigenvalue weighted by Gasteiger charge is -2.20.